The van der Waals surface area contributed by atoms with Crippen molar-refractivity contribution in [3.63, 3.8) is 0 Å². The van der Waals surface area contributed by atoms with Crippen molar-refractivity contribution < 1.29 is 0 Å². The minimum atomic E-state index is 0.369. The highest BCUT2D eigenvalue weighted by atomic mass is 32.2. The first-order valence-electron chi connectivity index (χ1n) is 11.4. The molecule has 33 heavy (non-hydrogen) atoms. The molecule has 0 radical (unpaired) electrons. The number of aromatic nitrogens is 1. The number of aryl methyl sites for hydroxylation is 1. The van der Waals surface area contributed by atoms with Gasteiger partial charge < -0.3 is 4.57 Å². The smallest absolute Gasteiger partial charge is 0.0541 e. The molecule has 1 nitrogen and oxygen atoms in total. The first-order valence-corrected chi connectivity index (χ1v) is 12.3. The van der Waals surface area contributed by atoms with Crippen LogP contribution in [0.1, 0.15) is 23.3 Å². The van der Waals surface area contributed by atoms with Crippen molar-refractivity contribution in [3.8, 4) is 5.69 Å². The van der Waals surface area contributed by atoms with Crippen LogP contribution in [0.5, 0.6) is 0 Å². The van der Waals surface area contributed by atoms with E-state index >= 15 is 0 Å². The number of thioether (sulfide) groups is 1. The summed E-state index contributed by atoms with van der Waals surface area (Å²) in [5.41, 5.74) is 6.42. The topological polar surface area (TPSA) is 4.93 Å². The van der Waals surface area contributed by atoms with E-state index in [4.69, 9.17) is 0 Å². The Morgan fingerprint density at radius 3 is 1.94 bits per heavy atom. The lowest BCUT2D eigenvalue weighted by Gasteiger charge is -2.17. The van der Waals surface area contributed by atoms with Gasteiger partial charge in [-0.15, -0.1) is 11.8 Å². The van der Waals surface area contributed by atoms with Gasteiger partial charge in [-0.3, -0.25) is 0 Å². The van der Waals surface area contributed by atoms with Crippen molar-refractivity contribution in [2.24, 2.45) is 0 Å². The lowest BCUT2D eigenvalue weighted by molar-refractivity contribution is 1.10. The molecule has 0 N–H and O–H groups in total. The van der Waals surface area contributed by atoms with Crippen LogP contribution in [0.3, 0.4) is 0 Å². The van der Waals surface area contributed by atoms with Crippen LogP contribution >= 0.6 is 11.8 Å². The van der Waals surface area contributed by atoms with Crippen LogP contribution in [-0.4, -0.2) is 4.57 Å². The molecule has 1 aromatic heterocycles. The Morgan fingerprint density at radius 2 is 1.24 bits per heavy atom. The van der Waals surface area contributed by atoms with Crippen LogP contribution in [0.15, 0.2) is 114 Å². The Hall–Kier alpha value is -3.49. The zero-order chi connectivity index (χ0) is 22.4. The highest BCUT2D eigenvalue weighted by Gasteiger charge is 2.15. The van der Waals surface area contributed by atoms with Crippen molar-refractivity contribution in [2.75, 3.05) is 0 Å². The summed E-state index contributed by atoms with van der Waals surface area (Å²) in [7, 11) is 0. The molecule has 2 heteroatoms. The van der Waals surface area contributed by atoms with Crippen LogP contribution in [0.4, 0.5) is 0 Å². The fourth-order valence-electron chi connectivity index (χ4n) is 4.96. The highest BCUT2D eigenvalue weighted by molar-refractivity contribution is 7.99. The molecule has 0 saturated heterocycles. The Balaban J connectivity index is 1.40. The van der Waals surface area contributed by atoms with Crippen LogP contribution in [-0.2, 0) is 0 Å². The predicted octanol–water partition coefficient (Wildman–Crippen LogP) is 9.10. The lowest BCUT2D eigenvalue weighted by Crippen LogP contribution is -1.96. The molecule has 0 amide bonds. The molecular weight excluding hydrogens is 418 g/mol. The van der Waals surface area contributed by atoms with Gasteiger partial charge in [-0.05, 0) is 66.1 Å². The zero-order valence-electron chi connectivity index (χ0n) is 18.8. The largest absolute Gasteiger partial charge is 0.309 e. The summed E-state index contributed by atoms with van der Waals surface area (Å²) in [5.74, 6) is 0. The van der Waals surface area contributed by atoms with E-state index in [-0.39, 0.29) is 0 Å². The number of hydrogen-bond donors (Lipinski definition) is 0. The molecule has 1 atom stereocenters. The quantitative estimate of drug-likeness (QED) is 0.246. The van der Waals surface area contributed by atoms with Gasteiger partial charge in [0.1, 0.15) is 0 Å². The minimum Gasteiger partial charge on any atom is -0.309 e. The van der Waals surface area contributed by atoms with E-state index in [0.29, 0.717) is 5.25 Å². The van der Waals surface area contributed by atoms with Gasteiger partial charge in [0.15, 0.2) is 0 Å². The molecule has 0 spiro atoms. The average Bonchev–Trinajstić information content (AvgIpc) is 3.19. The van der Waals surface area contributed by atoms with Gasteiger partial charge in [-0.1, -0.05) is 78.9 Å². The van der Waals surface area contributed by atoms with E-state index < -0.39 is 0 Å². The molecule has 160 valence electrons. The Bertz CT molecular complexity index is 1570. The summed E-state index contributed by atoms with van der Waals surface area (Å²) < 4.78 is 2.39. The van der Waals surface area contributed by atoms with Crippen LogP contribution in [0.25, 0.3) is 38.3 Å². The molecule has 0 fully saturated rings. The zero-order valence-corrected chi connectivity index (χ0v) is 19.6. The van der Waals surface area contributed by atoms with Gasteiger partial charge in [0.25, 0.3) is 0 Å². The number of nitrogens with zero attached hydrogens (tertiary/aromatic N) is 1. The lowest BCUT2D eigenvalue weighted by atomic mass is 10.0. The summed E-state index contributed by atoms with van der Waals surface area (Å²) in [4.78, 5) is 1.33. The fraction of sp³-hybridized carbons (Fsp3) is 0.0968. The Labute approximate surface area is 198 Å². The third kappa shape index (κ3) is 3.42. The highest BCUT2D eigenvalue weighted by Crippen LogP contribution is 2.40. The standard InChI is InChI=1S/C31H25NS/c1-21-20-24(32-29-16-7-5-13-27(29)28-14-6-8-17-30(28)32)18-19-31(21)33-22(2)25-15-9-11-23-10-3-4-12-26(23)25/h3-20,22H,1-2H3/t22-/m1/s1. The van der Waals surface area contributed by atoms with Crippen LogP contribution < -0.4 is 0 Å². The number of hydrogen-bond acceptors (Lipinski definition) is 1. The van der Waals surface area contributed by atoms with Crippen molar-refractivity contribution in [2.45, 2.75) is 24.0 Å². The van der Waals surface area contributed by atoms with E-state index in [1.807, 2.05) is 11.8 Å². The number of para-hydroxylation sites is 2. The van der Waals surface area contributed by atoms with Crippen molar-refractivity contribution in [3.05, 3.63) is 120 Å². The summed E-state index contributed by atoms with van der Waals surface area (Å²) in [6, 6.07) is 39.6. The molecule has 5 aromatic carbocycles. The maximum atomic E-state index is 2.39. The van der Waals surface area contributed by atoms with Gasteiger partial charge in [0, 0.05) is 26.6 Å². The average molecular weight is 444 g/mol. The fourth-order valence-corrected chi connectivity index (χ4v) is 6.07. The first-order chi connectivity index (χ1) is 16.2. The molecule has 6 aromatic rings. The molecule has 6 rings (SSSR count). The second-order valence-corrected chi connectivity index (χ2v) is 10.0. The first kappa shape index (κ1) is 20.1. The van der Waals surface area contributed by atoms with E-state index in [1.54, 1.807) is 0 Å². The van der Waals surface area contributed by atoms with Crippen LogP contribution in [0.2, 0.25) is 0 Å². The summed E-state index contributed by atoms with van der Waals surface area (Å²) >= 11 is 1.94. The van der Waals surface area contributed by atoms with Gasteiger partial charge in [-0.25, -0.2) is 0 Å². The van der Waals surface area contributed by atoms with Crippen molar-refractivity contribution >= 4 is 44.3 Å². The van der Waals surface area contributed by atoms with Gasteiger partial charge in [-0.2, -0.15) is 0 Å². The number of fused-ring (bicyclic) bond motifs is 4. The van der Waals surface area contributed by atoms with E-state index in [1.165, 1.54) is 54.3 Å². The normalized spacial score (nSPS) is 12.5. The monoisotopic (exact) mass is 443 g/mol. The Morgan fingerprint density at radius 1 is 0.636 bits per heavy atom. The molecule has 0 unspecified atom stereocenters. The van der Waals surface area contributed by atoms with Crippen molar-refractivity contribution in [1.29, 1.82) is 0 Å². The molecule has 0 aliphatic heterocycles. The van der Waals surface area contributed by atoms with Gasteiger partial charge in [0.05, 0.1) is 11.0 Å². The minimum absolute atomic E-state index is 0.369. The van der Waals surface area contributed by atoms with E-state index in [0.717, 1.165) is 0 Å². The summed E-state index contributed by atoms with van der Waals surface area (Å²) in [6.45, 7) is 4.54. The number of benzene rings is 5. The molecule has 0 aliphatic carbocycles. The molecular formula is C31H25NS. The third-order valence-corrected chi connectivity index (χ3v) is 7.88. The second-order valence-electron chi connectivity index (χ2n) is 8.65. The number of rotatable bonds is 4. The van der Waals surface area contributed by atoms with E-state index in [9.17, 15) is 0 Å². The predicted molar refractivity (Wildman–Crippen MR) is 144 cm³/mol. The molecule has 0 bridgehead atoms. The van der Waals surface area contributed by atoms with Gasteiger partial charge in [0.2, 0.25) is 0 Å². The van der Waals surface area contributed by atoms with Crippen LogP contribution in [0, 0.1) is 6.92 Å². The SMILES string of the molecule is Cc1cc(-n2c3ccccc3c3ccccc32)ccc1S[C@H](C)c1cccc2ccccc12. The maximum Gasteiger partial charge on any atom is 0.0541 e. The molecule has 0 aliphatic rings. The summed E-state index contributed by atoms with van der Waals surface area (Å²) in [5, 5.41) is 5.62. The Kier molecular flexibility index (Phi) is 4.96. The second kappa shape index (κ2) is 8.13. The summed E-state index contributed by atoms with van der Waals surface area (Å²) in [6.07, 6.45) is 0. The van der Waals surface area contributed by atoms with Crippen molar-refractivity contribution in [1.82, 2.24) is 4.57 Å². The molecule has 0 saturated carbocycles. The van der Waals surface area contributed by atoms with E-state index in [2.05, 4.69) is 128 Å². The van der Waals surface area contributed by atoms with Gasteiger partial charge >= 0.3 is 0 Å². The molecule has 1 heterocycles. The maximum absolute atomic E-state index is 2.39. The third-order valence-electron chi connectivity index (χ3n) is 6.56.